The third-order valence-corrected chi connectivity index (χ3v) is 4.13. The molecule has 0 unspecified atom stereocenters. The second-order valence-corrected chi connectivity index (χ2v) is 5.98. The Bertz CT molecular complexity index is 518. The summed E-state index contributed by atoms with van der Waals surface area (Å²) in [5.41, 5.74) is 1.77. The van der Waals surface area contributed by atoms with Crippen molar-refractivity contribution in [3.63, 3.8) is 0 Å². The molecule has 0 aliphatic rings. The van der Waals surface area contributed by atoms with Crippen molar-refractivity contribution in [2.45, 2.75) is 13.8 Å². The maximum absolute atomic E-state index is 10.1. The lowest BCUT2D eigenvalue weighted by Gasteiger charge is -2.14. The van der Waals surface area contributed by atoms with Gasteiger partial charge in [0, 0.05) is 0 Å². The average Bonchev–Trinajstić information content (AvgIpc) is 2.35. The molecular weight excluding hydrogens is 247 g/mol. The molecule has 0 radical (unpaired) electrons. The monoisotopic (exact) mass is 263 g/mol. The van der Waals surface area contributed by atoms with Gasteiger partial charge in [-0.15, -0.1) is 0 Å². The maximum Gasteiger partial charge on any atom is 0.487 e. The lowest BCUT2D eigenvalue weighted by molar-refractivity contribution is 0.352. The molecule has 2 aromatic carbocycles. The molecule has 2 N–H and O–H groups in total. The minimum absolute atomic E-state index is 0.410. The van der Waals surface area contributed by atoms with Crippen LogP contribution in [0.5, 0.6) is 5.75 Å². The van der Waals surface area contributed by atoms with Gasteiger partial charge in [0.15, 0.2) is 11.1 Å². The van der Waals surface area contributed by atoms with E-state index in [1.165, 1.54) is 0 Å². The Kier molecular flexibility index (Phi) is 3.67. The van der Waals surface area contributed by atoms with Crippen molar-refractivity contribution in [2.75, 3.05) is 0 Å². The highest BCUT2D eigenvalue weighted by Crippen LogP contribution is 2.51. The van der Waals surface area contributed by atoms with Gasteiger partial charge in [0.25, 0.3) is 0 Å². The van der Waals surface area contributed by atoms with Crippen molar-refractivity contribution in [3.05, 3.63) is 59.7 Å². The van der Waals surface area contributed by atoms with E-state index in [0.717, 1.165) is 11.1 Å². The van der Waals surface area contributed by atoms with Crippen LogP contribution < -0.4 is 9.83 Å². The van der Waals surface area contributed by atoms with Crippen LogP contribution in [0.4, 0.5) is 0 Å². The van der Waals surface area contributed by atoms with E-state index in [0.29, 0.717) is 11.1 Å². The minimum Gasteiger partial charge on any atom is -0.280 e. The molecule has 0 saturated heterocycles. The Hall–Kier alpha value is -1.41. The van der Waals surface area contributed by atoms with E-state index in [2.05, 4.69) is 0 Å². The second kappa shape index (κ2) is 5.07. The quantitative estimate of drug-likeness (QED) is 0.837. The van der Waals surface area contributed by atoms with Crippen LogP contribution in [0, 0.1) is 13.8 Å². The summed E-state index contributed by atoms with van der Waals surface area (Å²) in [5, 5.41) is 0.410. The third kappa shape index (κ3) is 2.70. The SMILES string of the molecule is Cc1cccc(C)c1O[P+](O)(O)c1ccccc1. The van der Waals surface area contributed by atoms with Crippen LogP contribution >= 0.6 is 7.94 Å². The first-order chi connectivity index (χ1) is 8.50. The highest BCUT2D eigenvalue weighted by Gasteiger charge is 2.41. The molecule has 0 saturated carbocycles. The maximum atomic E-state index is 10.1. The summed E-state index contributed by atoms with van der Waals surface area (Å²) in [6.07, 6.45) is 0. The normalized spacial score (nSPS) is 11.3. The zero-order chi connectivity index (χ0) is 13.2. The van der Waals surface area contributed by atoms with Crippen LogP contribution in [0.15, 0.2) is 48.5 Å². The lowest BCUT2D eigenvalue weighted by Crippen LogP contribution is -2.15. The summed E-state index contributed by atoms with van der Waals surface area (Å²) in [6, 6.07) is 14.3. The fourth-order valence-electron chi connectivity index (χ4n) is 1.75. The molecule has 0 spiro atoms. The summed E-state index contributed by atoms with van der Waals surface area (Å²) >= 11 is 0. The van der Waals surface area contributed by atoms with Crippen molar-refractivity contribution in [1.29, 1.82) is 0 Å². The number of rotatable bonds is 3. The highest BCUT2D eigenvalue weighted by atomic mass is 31.2. The van der Waals surface area contributed by atoms with Gasteiger partial charge in [-0.1, -0.05) is 36.4 Å². The first-order valence-electron chi connectivity index (χ1n) is 5.67. The summed E-state index contributed by atoms with van der Waals surface area (Å²) < 4.78 is 5.47. The van der Waals surface area contributed by atoms with Crippen LogP contribution in [0.3, 0.4) is 0 Å². The van der Waals surface area contributed by atoms with Crippen LogP contribution in [0.1, 0.15) is 11.1 Å². The Morgan fingerprint density at radius 3 is 1.94 bits per heavy atom. The van der Waals surface area contributed by atoms with E-state index < -0.39 is 7.94 Å². The number of hydrogen-bond acceptors (Lipinski definition) is 3. The average molecular weight is 263 g/mol. The summed E-state index contributed by atoms with van der Waals surface area (Å²) in [7, 11) is -3.57. The zero-order valence-corrected chi connectivity index (χ0v) is 11.3. The van der Waals surface area contributed by atoms with Crippen LogP contribution in [-0.2, 0) is 0 Å². The highest BCUT2D eigenvalue weighted by molar-refractivity contribution is 7.68. The minimum atomic E-state index is -3.57. The molecule has 3 nitrogen and oxygen atoms in total. The second-order valence-electron chi connectivity index (χ2n) is 4.19. The Labute approximate surface area is 107 Å². The molecule has 0 atom stereocenters. The molecule has 4 heteroatoms. The smallest absolute Gasteiger partial charge is 0.280 e. The molecule has 0 heterocycles. The predicted octanol–water partition coefficient (Wildman–Crippen LogP) is 2.75. The standard InChI is InChI=1S/C14H16O3P/c1-11-7-6-8-12(2)14(11)17-18(15,16)13-9-4-3-5-10-13/h3-10,15-16H,1-2H3/q+1. The van der Waals surface area contributed by atoms with Gasteiger partial charge < -0.3 is 0 Å². The molecule has 18 heavy (non-hydrogen) atoms. The van der Waals surface area contributed by atoms with E-state index in [1.54, 1.807) is 24.3 Å². The van der Waals surface area contributed by atoms with Gasteiger partial charge in [-0.3, -0.25) is 4.52 Å². The molecule has 0 fully saturated rings. The van der Waals surface area contributed by atoms with Gasteiger partial charge in [0.05, 0.1) is 0 Å². The van der Waals surface area contributed by atoms with Gasteiger partial charge in [-0.25, -0.2) is 0 Å². The molecule has 0 aliphatic carbocycles. The van der Waals surface area contributed by atoms with Crippen molar-refractivity contribution in [3.8, 4) is 5.75 Å². The number of para-hydroxylation sites is 1. The van der Waals surface area contributed by atoms with Gasteiger partial charge in [-0.05, 0) is 37.1 Å². The van der Waals surface area contributed by atoms with E-state index in [1.807, 2.05) is 38.1 Å². The van der Waals surface area contributed by atoms with Gasteiger partial charge >= 0.3 is 7.94 Å². The molecule has 0 bridgehead atoms. The fraction of sp³-hybridized carbons (Fsp3) is 0.143. The first-order valence-corrected chi connectivity index (χ1v) is 7.28. The Morgan fingerprint density at radius 2 is 1.39 bits per heavy atom. The molecule has 94 valence electrons. The fourth-order valence-corrected chi connectivity index (χ4v) is 2.95. The Morgan fingerprint density at radius 1 is 0.833 bits per heavy atom. The van der Waals surface area contributed by atoms with Crippen molar-refractivity contribution < 1.29 is 14.3 Å². The van der Waals surface area contributed by atoms with Crippen molar-refractivity contribution >= 4 is 13.2 Å². The van der Waals surface area contributed by atoms with E-state index >= 15 is 0 Å². The van der Waals surface area contributed by atoms with Crippen LogP contribution in [0.2, 0.25) is 0 Å². The molecule has 2 aromatic rings. The number of hydrogen-bond donors (Lipinski definition) is 2. The van der Waals surface area contributed by atoms with E-state index in [4.69, 9.17) is 4.52 Å². The topological polar surface area (TPSA) is 49.7 Å². The summed E-state index contributed by atoms with van der Waals surface area (Å²) in [5.74, 6) is 0.541. The lowest BCUT2D eigenvalue weighted by atomic mass is 10.1. The molecule has 0 amide bonds. The zero-order valence-electron chi connectivity index (χ0n) is 10.4. The van der Waals surface area contributed by atoms with Crippen LogP contribution in [0.25, 0.3) is 0 Å². The van der Waals surface area contributed by atoms with Gasteiger partial charge in [0.2, 0.25) is 0 Å². The predicted molar refractivity (Wildman–Crippen MR) is 74.0 cm³/mol. The van der Waals surface area contributed by atoms with E-state index in [9.17, 15) is 9.79 Å². The number of benzene rings is 2. The van der Waals surface area contributed by atoms with Crippen LogP contribution in [-0.4, -0.2) is 9.79 Å². The summed E-state index contributed by atoms with van der Waals surface area (Å²) in [6.45, 7) is 3.76. The summed E-state index contributed by atoms with van der Waals surface area (Å²) in [4.78, 5) is 20.3. The van der Waals surface area contributed by atoms with Gasteiger partial charge in [0.1, 0.15) is 0 Å². The third-order valence-electron chi connectivity index (χ3n) is 2.72. The molecule has 2 rings (SSSR count). The van der Waals surface area contributed by atoms with Gasteiger partial charge in [-0.2, -0.15) is 9.79 Å². The molecule has 0 aliphatic heterocycles. The van der Waals surface area contributed by atoms with E-state index in [-0.39, 0.29) is 0 Å². The molecular formula is C14H16O3P+. The van der Waals surface area contributed by atoms with Crippen molar-refractivity contribution in [2.24, 2.45) is 0 Å². The van der Waals surface area contributed by atoms with Crippen molar-refractivity contribution in [1.82, 2.24) is 0 Å². The first kappa shape index (κ1) is 13.0. The number of aryl methyl sites for hydroxylation is 2. The molecule has 0 aromatic heterocycles. The largest absolute Gasteiger partial charge is 0.487 e. The Balaban J connectivity index is 2.34.